The summed E-state index contributed by atoms with van der Waals surface area (Å²) in [6.45, 7) is 4.59. The van der Waals surface area contributed by atoms with Crippen molar-refractivity contribution in [3.05, 3.63) is 69.8 Å². The molecule has 0 radical (unpaired) electrons. The molecule has 19 heavy (non-hydrogen) atoms. The molecule has 0 nitrogen and oxygen atoms in total. The highest BCUT2D eigenvalue weighted by Gasteiger charge is 2.45. The minimum absolute atomic E-state index is 0.335. The molecule has 0 saturated carbocycles. The fraction of sp³-hybridized carbons (Fsp3) is 0.368. The van der Waals surface area contributed by atoms with Crippen LogP contribution in [0.5, 0.6) is 0 Å². The molecule has 0 aromatic heterocycles. The van der Waals surface area contributed by atoms with Gasteiger partial charge in [0, 0.05) is 5.41 Å². The molecule has 2 aromatic rings. The van der Waals surface area contributed by atoms with Crippen LogP contribution < -0.4 is 0 Å². The minimum atomic E-state index is 0.335. The third kappa shape index (κ3) is 1.35. The fourth-order valence-corrected chi connectivity index (χ4v) is 4.69. The van der Waals surface area contributed by atoms with Crippen LogP contribution in [0.4, 0.5) is 0 Å². The molecule has 1 spiro atoms. The zero-order chi connectivity index (χ0) is 13.0. The highest BCUT2D eigenvalue weighted by Crippen LogP contribution is 2.54. The summed E-state index contributed by atoms with van der Waals surface area (Å²) >= 11 is 0. The van der Waals surface area contributed by atoms with Crippen molar-refractivity contribution in [3.8, 4) is 0 Å². The van der Waals surface area contributed by atoms with Crippen LogP contribution >= 0.6 is 0 Å². The summed E-state index contributed by atoms with van der Waals surface area (Å²) in [5, 5.41) is 0. The van der Waals surface area contributed by atoms with Crippen molar-refractivity contribution in [3.63, 3.8) is 0 Å². The lowest BCUT2D eigenvalue weighted by molar-refractivity contribution is 0.503. The smallest absolute Gasteiger partial charge is 0.0219 e. The summed E-state index contributed by atoms with van der Waals surface area (Å²) in [6.07, 6.45) is 5.13. The average Bonchev–Trinajstić information content (AvgIpc) is 2.96. The SMILES string of the molecule is Cc1cccc2c1C1(CC2)CCc2cccc(C)c21. The van der Waals surface area contributed by atoms with Gasteiger partial charge in [-0.05, 0) is 72.9 Å². The molecule has 0 unspecified atom stereocenters. The average molecular weight is 248 g/mol. The van der Waals surface area contributed by atoms with Gasteiger partial charge in [-0.1, -0.05) is 36.4 Å². The van der Waals surface area contributed by atoms with Crippen LogP contribution in [-0.2, 0) is 18.3 Å². The van der Waals surface area contributed by atoms with Crippen molar-refractivity contribution in [1.82, 2.24) is 0 Å². The molecule has 0 atom stereocenters. The predicted molar refractivity (Wildman–Crippen MR) is 79.8 cm³/mol. The van der Waals surface area contributed by atoms with Crippen molar-refractivity contribution in [2.75, 3.05) is 0 Å². The van der Waals surface area contributed by atoms with E-state index in [4.69, 9.17) is 0 Å². The van der Waals surface area contributed by atoms with Gasteiger partial charge in [-0.15, -0.1) is 0 Å². The summed E-state index contributed by atoms with van der Waals surface area (Å²) < 4.78 is 0. The molecule has 0 fully saturated rings. The van der Waals surface area contributed by atoms with Crippen molar-refractivity contribution in [1.29, 1.82) is 0 Å². The summed E-state index contributed by atoms with van der Waals surface area (Å²) in [5.74, 6) is 0. The standard InChI is InChI=1S/C19H20/c1-13-5-3-7-15-9-11-19(17(13)15)12-10-16-8-4-6-14(2)18(16)19/h3-8H,9-12H2,1-2H3. The molecule has 0 aliphatic heterocycles. The normalized spacial score (nSPS) is 18.6. The van der Waals surface area contributed by atoms with E-state index in [0.717, 1.165) is 0 Å². The van der Waals surface area contributed by atoms with Crippen LogP contribution in [0.25, 0.3) is 0 Å². The largest absolute Gasteiger partial charge is 0.0617 e. The van der Waals surface area contributed by atoms with E-state index in [1.807, 2.05) is 0 Å². The molecule has 2 aromatic carbocycles. The first-order valence-corrected chi connectivity index (χ1v) is 7.40. The Kier molecular flexibility index (Phi) is 2.21. The van der Waals surface area contributed by atoms with E-state index in [1.54, 1.807) is 22.3 Å². The van der Waals surface area contributed by atoms with Gasteiger partial charge in [0.05, 0.1) is 0 Å². The van der Waals surface area contributed by atoms with Crippen molar-refractivity contribution in [2.24, 2.45) is 0 Å². The number of aryl methyl sites for hydroxylation is 4. The summed E-state index contributed by atoms with van der Waals surface area (Å²) in [4.78, 5) is 0. The fourth-order valence-electron chi connectivity index (χ4n) is 4.69. The molecule has 0 amide bonds. The number of hydrogen-bond acceptors (Lipinski definition) is 0. The van der Waals surface area contributed by atoms with Crippen LogP contribution in [0.1, 0.15) is 46.2 Å². The highest BCUT2D eigenvalue weighted by molar-refractivity contribution is 5.58. The van der Waals surface area contributed by atoms with Crippen LogP contribution in [-0.4, -0.2) is 0 Å². The maximum Gasteiger partial charge on any atom is 0.0219 e. The quantitative estimate of drug-likeness (QED) is 0.644. The van der Waals surface area contributed by atoms with E-state index in [9.17, 15) is 0 Å². The van der Waals surface area contributed by atoms with Gasteiger partial charge in [0.2, 0.25) is 0 Å². The second-order valence-corrected chi connectivity index (χ2v) is 6.30. The molecule has 4 rings (SSSR count). The van der Waals surface area contributed by atoms with Crippen molar-refractivity contribution in [2.45, 2.75) is 44.9 Å². The molecule has 2 aliphatic rings. The molecule has 0 bridgehead atoms. The molecule has 0 saturated heterocycles. The second kappa shape index (κ2) is 3.72. The first-order valence-electron chi connectivity index (χ1n) is 7.40. The Balaban J connectivity index is 2.03. The lowest BCUT2D eigenvalue weighted by Crippen LogP contribution is -2.23. The van der Waals surface area contributed by atoms with Crippen molar-refractivity contribution >= 4 is 0 Å². The molecule has 96 valence electrons. The van der Waals surface area contributed by atoms with Gasteiger partial charge in [-0.25, -0.2) is 0 Å². The van der Waals surface area contributed by atoms with Crippen LogP contribution in [0, 0.1) is 13.8 Å². The summed E-state index contributed by atoms with van der Waals surface area (Å²) in [6, 6.07) is 13.7. The van der Waals surface area contributed by atoms with E-state index in [-0.39, 0.29) is 0 Å². The molecule has 0 heterocycles. The minimum Gasteiger partial charge on any atom is -0.0617 e. The van der Waals surface area contributed by atoms with E-state index >= 15 is 0 Å². The zero-order valence-corrected chi connectivity index (χ0v) is 11.8. The summed E-state index contributed by atoms with van der Waals surface area (Å²) in [5.41, 5.74) is 9.82. The van der Waals surface area contributed by atoms with Gasteiger partial charge in [0.15, 0.2) is 0 Å². The van der Waals surface area contributed by atoms with Gasteiger partial charge in [0.1, 0.15) is 0 Å². The van der Waals surface area contributed by atoms with Gasteiger partial charge in [0.25, 0.3) is 0 Å². The highest BCUT2D eigenvalue weighted by atomic mass is 14.5. The number of fused-ring (bicyclic) bond motifs is 4. The Labute approximate surface area is 115 Å². The van der Waals surface area contributed by atoms with Crippen molar-refractivity contribution < 1.29 is 0 Å². The Morgan fingerprint density at radius 3 is 1.68 bits per heavy atom. The van der Waals surface area contributed by atoms with Gasteiger partial charge < -0.3 is 0 Å². The third-order valence-corrected chi connectivity index (χ3v) is 5.32. The Morgan fingerprint density at radius 1 is 0.737 bits per heavy atom. The number of benzene rings is 2. The van der Waals surface area contributed by atoms with E-state index in [2.05, 4.69) is 50.2 Å². The third-order valence-electron chi connectivity index (χ3n) is 5.32. The molecule has 0 heteroatoms. The molecular formula is C19H20. The van der Waals surface area contributed by atoms with Crippen LogP contribution in [0.2, 0.25) is 0 Å². The van der Waals surface area contributed by atoms with Gasteiger partial charge in [-0.3, -0.25) is 0 Å². The molecule has 0 N–H and O–H groups in total. The monoisotopic (exact) mass is 248 g/mol. The Bertz CT molecular complexity index is 604. The first-order chi connectivity index (χ1) is 9.22. The maximum absolute atomic E-state index is 2.34. The zero-order valence-electron chi connectivity index (χ0n) is 11.8. The number of rotatable bonds is 0. The number of hydrogen-bond donors (Lipinski definition) is 0. The van der Waals surface area contributed by atoms with Crippen LogP contribution in [0.15, 0.2) is 36.4 Å². The topological polar surface area (TPSA) is 0 Å². The predicted octanol–water partition coefficient (Wildman–Crippen LogP) is 4.48. The molecule has 2 aliphatic carbocycles. The van der Waals surface area contributed by atoms with E-state index < -0.39 is 0 Å². The second-order valence-electron chi connectivity index (χ2n) is 6.30. The van der Waals surface area contributed by atoms with E-state index in [0.29, 0.717) is 5.41 Å². The Morgan fingerprint density at radius 2 is 1.21 bits per heavy atom. The maximum atomic E-state index is 2.34. The van der Waals surface area contributed by atoms with Gasteiger partial charge >= 0.3 is 0 Å². The Hall–Kier alpha value is -1.56. The molecular weight excluding hydrogens is 228 g/mol. The lowest BCUT2D eigenvalue weighted by atomic mass is 9.73. The van der Waals surface area contributed by atoms with Crippen LogP contribution in [0.3, 0.4) is 0 Å². The lowest BCUT2D eigenvalue weighted by Gasteiger charge is -2.29. The first kappa shape index (κ1) is 11.3. The van der Waals surface area contributed by atoms with E-state index in [1.165, 1.54) is 36.8 Å². The summed E-state index contributed by atoms with van der Waals surface area (Å²) in [7, 11) is 0. The van der Waals surface area contributed by atoms with Gasteiger partial charge in [-0.2, -0.15) is 0 Å².